The molecular formula is C16H14ClNO. The highest BCUT2D eigenvalue weighted by molar-refractivity contribution is 6.31. The van der Waals surface area contributed by atoms with E-state index < -0.39 is 5.60 Å². The van der Waals surface area contributed by atoms with Crippen molar-refractivity contribution in [1.82, 2.24) is 0 Å². The van der Waals surface area contributed by atoms with Crippen LogP contribution in [0.4, 0.5) is 0 Å². The molecule has 3 heteroatoms. The van der Waals surface area contributed by atoms with Crippen LogP contribution in [0.25, 0.3) is 0 Å². The molecule has 0 fully saturated rings. The van der Waals surface area contributed by atoms with Gasteiger partial charge in [-0.2, -0.15) is 5.26 Å². The van der Waals surface area contributed by atoms with Crippen molar-refractivity contribution in [3.8, 4) is 6.07 Å². The minimum Gasteiger partial charge on any atom is -0.381 e. The van der Waals surface area contributed by atoms with Crippen LogP contribution in [0, 0.1) is 18.3 Å². The first-order valence-electron chi connectivity index (χ1n) is 5.95. The van der Waals surface area contributed by atoms with E-state index in [1.165, 1.54) is 0 Å². The van der Waals surface area contributed by atoms with E-state index in [1.54, 1.807) is 37.3 Å². The molecule has 2 rings (SSSR count). The largest absolute Gasteiger partial charge is 0.381 e. The molecule has 0 bridgehead atoms. The molecule has 0 aliphatic rings. The Hall–Kier alpha value is -1.82. The fourth-order valence-corrected chi connectivity index (χ4v) is 2.11. The van der Waals surface area contributed by atoms with Gasteiger partial charge in [-0.1, -0.05) is 35.9 Å². The molecule has 0 aromatic heterocycles. The Bertz CT molecular complexity index is 639. The van der Waals surface area contributed by atoms with Crippen LogP contribution < -0.4 is 0 Å². The Morgan fingerprint density at radius 2 is 1.68 bits per heavy atom. The van der Waals surface area contributed by atoms with Gasteiger partial charge in [0.15, 0.2) is 0 Å². The molecule has 0 saturated carbocycles. The fraction of sp³-hybridized carbons (Fsp3) is 0.188. The summed E-state index contributed by atoms with van der Waals surface area (Å²) < 4.78 is 0. The highest BCUT2D eigenvalue weighted by Gasteiger charge is 2.25. The summed E-state index contributed by atoms with van der Waals surface area (Å²) in [6.45, 7) is 3.64. The van der Waals surface area contributed by atoms with Crippen molar-refractivity contribution in [2.24, 2.45) is 0 Å². The maximum atomic E-state index is 10.7. The van der Waals surface area contributed by atoms with E-state index in [0.717, 1.165) is 16.7 Å². The van der Waals surface area contributed by atoms with Crippen LogP contribution in [0.2, 0.25) is 5.02 Å². The molecule has 2 nitrogen and oxygen atoms in total. The third-order valence-corrected chi connectivity index (χ3v) is 3.72. The highest BCUT2D eigenvalue weighted by atomic mass is 35.5. The van der Waals surface area contributed by atoms with Crippen LogP contribution in [0.5, 0.6) is 0 Å². The third-order valence-electron chi connectivity index (χ3n) is 3.31. The number of benzene rings is 2. The molecule has 0 aliphatic heterocycles. The molecule has 0 radical (unpaired) electrons. The minimum absolute atomic E-state index is 0.571. The Labute approximate surface area is 117 Å². The van der Waals surface area contributed by atoms with Crippen LogP contribution in [0.1, 0.15) is 29.2 Å². The van der Waals surface area contributed by atoms with Crippen molar-refractivity contribution < 1.29 is 5.11 Å². The lowest BCUT2D eigenvalue weighted by molar-refractivity contribution is 0.102. The molecule has 1 unspecified atom stereocenters. The van der Waals surface area contributed by atoms with E-state index in [-0.39, 0.29) is 0 Å². The van der Waals surface area contributed by atoms with Gasteiger partial charge in [0, 0.05) is 5.02 Å². The second-order valence-corrected chi connectivity index (χ2v) is 5.13. The number of rotatable bonds is 2. The summed E-state index contributed by atoms with van der Waals surface area (Å²) >= 11 is 6.10. The van der Waals surface area contributed by atoms with Gasteiger partial charge in [-0.15, -0.1) is 0 Å². The summed E-state index contributed by atoms with van der Waals surface area (Å²) in [7, 11) is 0. The Morgan fingerprint density at radius 3 is 2.21 bits per heavy atom. The molecule has 19 heavy (non-hydrogen) atoms. The molecule has 1 N–H and O–H groups in total. The summed E-state index contributed by atoms with van der Waals surface area (Å²) in [5.74, 6) is 0. The molecule has 0 amide bonds. The maximum Gasteiger partial charge on any atom is 0.112 e. The molecule has 0 saturated heterocycles. The van der Waals surface area contributed by atoms with Crippen LogP contribution in [-0.4, -0.2) is 5.11 Å². The second-order valence-electron chi connectivity index (χ2n) is 4.73. The SMILES string of the molecule is Cc1ccc(C(C)(O)c2ccc(C#N)cc2)cc1Cl. The van der Waals surface area contributed by atoms with E-state index >= 15 is 0 Å². The van der Waals surface area contributed by atoms with E-state index in [9.17, 15) is 5.11 Å². The lowest BCUT2D eigenvalue weighted by Gasteiger charge is -2.25. The number of hydrogen-bond acceptors (Lipinski definition) is 2. The zero-order valence-electron chi connectivity index (χ0n) is 10.8. The smallest absolute Gasteiger partial charge is 0.112 e. The Kier molecular flexibility index (Phi) is 3.61. The van der Waals surface area contributed by atoms with Gasteiger partial charge in [0.1, 0.15) is 5.60 Å². The zero-order chi connectivity index (χ0) is 14.0. The van der Waals surface area contributed by atoms with Crippen LogP contribution in [-0.2, 0) is 5.60 Å². The summed E-state index contributed by atoms with van der Waals surface area (Å²) in [6.07, 6.45) is 0. The van der Waals surface area contributed by atoms with E-state index in [4.69, 9.17) is 16.9 Å². The van der Waals surface area contributed by atoms with Crippen molar-refractivity contribution >= 4 is 11.6 Å². The van der Waals surface area contributed by atoms with E-state index in [0.29, 0.717) is 10.6 Å². The lowest BCUT2D eigenvalue weighted by atomic mass is 9.87. The van der Waals surface area contributed by atoms with Crippen molar-refractivity contribution in [3.63, 3.8) is 0 Å². The molecule has 0 spiro atoms. The van der Waals surface area contributed by atoms with Gasteiger partial charge >= 0.3 is 0 Å². The van der Waals surface area contributed by atoms with Gasteiger partial charge in [0.05, 0.1) is 11.6 Å². The normalized spacial score (nSPS) is 13.6. The number of aryl methyl sites for hydroxylation is 1. The molecular weight excluding hydrogens is 258 g/mol. The third kappa shape index (κ3) is 2.63. The molecule has 96 valence electrons. The summed E-state index contributed by atoms with van der Waals surface area (Å²) in [5, 5.41) is 20.1. The first kappa shape index (κ1) is 13.6. The van der Waals surface area contributed by atoms with E-state index in [2.05, 4.69) is 6.07 Å². The average molecular weight is 272 g/mol. The van der Waals surface area contributed by atoms with Gasteiger partial charge in [-0.05, 0) is 48.7 Å². The summed E-state index contributed by atoms with van der Waals surface area (Å²) in [5.41, 5.74) is 1.87. The van der Waals surface area contributed by atoms with Gasteiger partial charge in [0.25, 0.3) is 0 Å². The number of aliphatic hydroxyl groups is 1. The minimum atomic E-state index is -1.13. The number of nitriles is 1. The van der Waals surface area contributed by atoms with Gasteiger partial charge in [-0.3, -0.25) is 0 Å². The maximum absolute atomic E-state index is 10.7. The number of nitrogens with zero attached hydrogens (tertiary/aromatic N) is 1. The number of halogens is 1. The monoisotopic (exact) mass is 271 g/mol. The summed E-state index contributed by atoms with van der Waals surface area (Å²) in [4.78, 5) is 0. The predicted octanol–water partition coefficient (Wildman–Crippen LogP) is 3.78. The van der Waals surface area contributed by atoms with Gasteiger partial charge in [-0.25, -0.2) is 0 Å². The van der Waals surface area contributed by atoms with Crippen molar-refractivity contribution in [2.75, 3.05) is 0 Å². The molecule has 1 atom stereocenters. The van der Waals surface area contributed by atoms with Gasteiger partial charge < -0.3 is 5.11 Å². The standard InChI is InChI=1S/C16H14ClNO/c1-11-3-6-14(9-15(11)17)16(2,19)13-7-4-12(10-18)5-8-13/h3-9,19H,1-2H3. The van der Waals surface area contributed by atoms with E-state index in [1.807, 2.05) is 19.1 Å². The lowest BCUT2D eigenvalue weighted by Crippen LogP contribution is -2.22. The first-order valence-corrected chi connectivity index (χ1v) is 6.32. The molecule has 0 heterocycles. The van der Waals surface area contributed by atoms with Crippen LogP contribution in [0.15, 0.2) is 42.5 Å². The van der Waals surface area contributed by atoms with Gasteiger partial charge in [0.2, 0.25) is 0 Å². The fourth-order valence-electron chi connectivity index (χ4n) is 1.93. The summed E-state index contributed by atoms with van der Waals surface area (Å²) in [6, 6.07) is 14.5. The topological polar surface area (TPSA) is 44.0 Å². The number of hydrogen-bond donors (Lipinski definition) is 1. The van der Waals surface area contributed by atoms with Crippen LogP contribution in [0.3, 0.4) is 0 Å². The second kappa shape index (κ2) is 5.05. The quantitative estimate of drug-likeness (QED) is 0.903. The molecule has 0 aliphatic carbocycles. The Balaban J connectivity index is 2.45. The average Bonchev–Trinajstić information content (AvgIpc) is 2.41. The first-order chi connectivity index (χ1) is 8.95. The van der Waals surface area contributed by atoms with Crippen molar-refractivity contribution in [3.05, 3.63) is 69.7 Å². The molecule has 2 aromatic carbocycles. The Morgan fingerprint density at radius 1 is 1.11 bits per heavy atom. The zero-order valence-corrected chi connectivity index (χ0v) is 11.6. The predicted molar refractivity (Wildman–Crippen MR) is 76.0 cm³/mol. The van der Waals surface area contributed by atoms with Crippen molar-refractivity contribution in [1.29, 1.82) is 5.26 Å². The van der Waals surface area contributed by atoms with Crippen LogP contribution >= 0.6 is 11.6 Å². The molecule has 2 aromatic rings. The van der Waals surface area contributed by atoms with Crippen molar-refractivity contribution in [2.45, 2.75) is 19.4 Å². The highest BCUT2D eigenvalue weighted by Crippen LogP contribution is 2.31.